The van der Waals surface area contributed by atoms with Gasteiger partial charge in [-0.3, -0.25) is 0 Å². The maximum Gasteiger partial charge on any atom is 0.211 e. The van der Waals surface area contributed by atoms with E-state index >= 15 is 0 Å². The van der Waals surface area contributed by atoms with Gasteiger partial charge in [0.2, 0.25) is 10.0 Å². The highest BCUT2D eigenvalue weighted by Gasteiger charge is 2.21. The molecule has 15 heavy (non-hydrogen) atoms. The molecule has 0 amide bonds. The number of rotatable bonds is 5. The zero-order chi connectivity index (χ0) is 11.3. The van der Waals surface area contributed by atoms with E-state index in [0.29, 0.717) is 6.42 Å². The fourth-order valence-electron chi connectivity index (χ4n) is 1.69. The van der Waals surface area contributed by atoms with Crippen molar-refractivity contribution >= 4 is 10.0 Å². The summed E-state index contributed by atoms with van der Waals surface area (Å²) in [5.74, 6) is 0.0237. The second-order valence-electron chi connectivity index (χ2n) is 4.09. The summed E-state index contributed by atoms with van der Waals surface area (Å²) in [6.07, 6.45) is 2.05. The van der Waals surface area contributed by atoms with Crippen molar-refractivity contribution in [1.82, 2.24) is 9.62 Å². The van der Waals surface area contributed by atoms with Crippen molar-refractivity contribution in [2.75, 3.05) is 32.5 Å². The van der Waals surface area contributed by atoms with Crippen molar-refractivity contribution in [2.45, 2.75) is 25.3 Å². The Labute approximate surface area is 91.5 Å². The summed E-state index contributed by atoms with van der Waals surface area (Å²) in [5, 5.41) is 8.57. The smallest absolute Gasteiger partial charge is 0.211 e. The van der Waals surface area contributed by atoms with E-state index in [9.17, 15) is 8.42 Å². The quantitative estimate of drug-likeness (QED) is 0.667. The molecular weight excluding hydrogens is 216 g/mol. The van der Waals surface area contributed by atoms with Crippen LogP contribution in [0.4, 0.5) is 0 Å². The maximum atomic E-state index is 11.5. The Balaban J connectivity index is 2.34. The Morgan fingerprint density at radius 3 is 2.53 bits per heavy atom. The lowest BCUT2D eigenvalue weighted by atomic mass is 10.1. The van der Waals surface area contributed by atoms with Gasteiger partial charge in [0, 0.05) is 12.6 Å². The molecule has 1 saturated heterocycles. The molecule has 6 heteroatoms. The number of piperidine rings is 1. The van der Waals surface area contributed by atoms with Crippen molar-refractivity contribution in [2.24, 2.45) is 0 Å². The molecule has 2 N–H and O–H groups in total. The van der Waals surface area contributed by atoms with Crippen LogP contribution in [-0.2, 0) is 10.0 Å². The number of aliphatic hydroxyl groups excluding tert-OH is 1. The number of likely N-dealkylation sites (tertiary alicyclic amines) is 1. The highest BCUT2D eigenvalue weighted by Crippen LogP contribution is 2.09. The standard InChI is InChI=1S/C9H20N2O3S/c1-11-5-3-9(4-6-11)10-15(13,14)8-2-7-12/h9-10,12H,2-8H2,1H3. The molecule has 0 aliphatic carbocycles. The summed E-state index contributed by atoms with van der Waals surface area (Å²) in [4.78, 5) is 2.19. The average Bonchev–Trinajstić information content (AvgIpc) is 2.18. The molecule has 90 valence electrons. The molecule has 1 aliphatic heterocycles. The summed E-state index contributed by atoms with van der Waals surface area (Å²) in [7, 11) is -1.15. The van der Waals surface area contributed by atoms with Crippen molar-refractivity contribution in [3.63, 3.8) is 0 Å². The van der Waals surface area contributed by atoms with Crippen LogP contribution < -0.4 is 4.72 Å². The topological polar surface area (TPSA) is 69.6 Å². The van der Waals surface area contributed by atoms with Crippen LogP contribution in [0.5, 0.6) is 0 Å². The van der Waals surface area contributed by atoms with Crippen LogP contribution in [0.15, 0.2) is 0 Å². The van der Waals surface area contributed by atoms with E-state index < -0.39 is 10.0 Å². The average molecular weight is 236 g/mol. The molecule has 0 aromatic carbocycles. The van der Waals surface area contributed by atoms with Crippen LogP contribution in [-0.4, -0.2) is 57.0 Å². The Bertz CT molecular complexity index is 271. The Morgan fingerprint density at radius 1 is 1.40 bits per heavy atom. The first-order chi connectivity index (χ1) is 7.03. The van der Waals surface area contributed by atoms with Gasteiger partial charge in [0.05, 0.1) is 5.75 Å². The third-order valence-electron chi connectivity index (χ3n) is 2.64. The summed E-state index contributed by atoms with van der Waals surface area (Å²) < 4.78 is 25.7. The summed E-state index contributed by atoms with van der Waals surface area (Å²) in [5.41, 5.74) is 0. The Kier molecular flexibility index (Phi) is 4.98. The minimum absolute atomic E-state index is 0.0237. The fraction of sp³-hybridized carbons (Fsp3) is 1.00. The Morgan fingerprint density at radius 2 is 2.00 bits per heavy atom. The lowest BCUT2D eigenvalue weighted by Gasteiger charge is -2.29. The molecule has 0 saturated carbocycles. The first-order valence-electron chi connectivity index (χ1n) is 5.33. The van der Waals surface area contributed by atoms with Crippen molar-refractivity contribution in [1.29, 1.82) is 0 Å². The molecule has 1 rings (SSSR count). The second kappa shape index (κ2) is 5.79. The van der Waals surface area contributed by atoms with E-state index in [1.807, 2.05) is 7.05 Å². The van der Waals surface area contributed by atoms with E-state index in [0.717, 1.165) is 25.9 Å². The van der Waals surface area contributed by atoms with E-state index in [1.54, 1.807) is 0 Å². The molecule has 0 spiro atoms. The first-order valence-corrected chi connectivity index (χ1v) is 6.98. The summed E-state index contributed by atoms with van der Waals surface area (Å²) >= 11 is 0. The highest BCUT2D eigenvalue weighted by molar-refractivity contribution is 7.89. The molecule has 0 radical (unpaired) electrons. The van der Waals surface area contributed by atoms with Crippen LogP contribution in [0.25, 0.3) is 0 Å². The van der Waals surface area contributed by atoms with Crippen LogP contribution in [0.3, 0.4) is 0 Å². The molecule has 0 bridgehead atoms. The molecular formula is C9H20N2O3S. The van der Waals surface area contributed by atoms with Gasteiger partial charge in [0.1, 0.15) is 0 Å². The molecule has 1 aliphatic rings. The molecule has 0 aromatic heterocycles. The number of hydrogen-bond acceptors (Lipinski definition) is 4. The van der Waals surface area contributed by atoms with Gasteiger partial charge in [0.15, 0.2) is 0 Å². The van der Waals surface area contributed by atoms with E-state index in [-0.39, 0.29) is 18.4 Å². The van der Waals surface area contributed by atoms with Gasteiger partial charge in [-0.2, -0.15) is 0 Å². The molecule has 0 aromatic rings. The zero-order valence-corrected chi connectivity index (χ0v) is 9.96. The molecule has 1 heterocycles. The predicted molar refractivity (Wildman–Crippen MR) is 59.1 cm³/mol. The molecule has 1 fully saturated rings. The molecule has 0 unspecified atom stereocenters. The monoisotopic (exact) mass is 236 g/mol. The van der Waals surface area contributed by atoms with Gasteiger partial charge < -0.3 is 10.0 Å². The number of sulfonamides is 1. The van der Waals surface area contributed by atoms with Gasteiger partial charge in [-0.05, 0) is 39.4 Å². The SMILES string of the molecule is CN1CCC(NS(=O)(=O)CCCO)CC1. The van der Waals surface area contributed by atoms with Crippen molar-refractivity contribution in [3.05, 3.63) is 0 Å². The van der Waals surface area contributed by atoms with E-state index in [2.05, 4.69) is 9.62 Å². The largest absolute Gasteiger partial charge is 0.396 e. The minimum Gasteiger partial charge on any atom is -0.396 e. The molecule has 0 atom stereocenters. The summed E-state index contributed by atoms with van der Waals surface area (Å²) in [6.45, 7) is 1.80. The van der Waals surface area contributed by atoms with E-state index in [4.69, 9.17) is 5.11 Å². The zero-order valence-electron chi connectivity index (χ0n) is 9.15. The molecule has 5 nitrogen and oxygen atoms in total. The van der Waals surface area contributed by atoms with Crippen molar-refractivity contribution in [3.8, 4) is 0 Å². The van der Waals surface area contributed by atoms with Crippen molar-refractivity contribution < 1.29 is 13.5 Å². The third kappa shape index (κ3) is 4.92. The predicted octanol–water partition coefficient (Wildman–Crippen LogP) is -0.618. The van der Waals surface area contributed by atoms with Crippen LogP contribution in [0.1, 0.15) is 19.3 Å². The fourth-order valence-corrected chi connectivity index (χ4v) is 3.06. The highest BCUT2D eigenvalue weighted by atomic mass is 32.2. The van der Waals surface area contributed by atoms with Crippen LogP contribution in [0.2, 0.25) is 0 Å². The minimum atomic E-state index is -3.19. The van der Waals surface area contributed by atoms with Gasteiger partial charge in [-0.1, -0.05) is 0 Å². The normalized spacial score (nSPS) is 20.7. The van der Waals surface area contributed by atoms with Gasteiger partial charge in [0.25, 0.3) is 0 Å². The lowest BCUT2D eigenvalue weighted by Crippen LogP contribution is -2.44. The third-order valence-corrected chi connectivity index (χ3v) is 4.15. The van der Waals surface area contributed by atoms with Gasteiger partial charge in [-0.25, -0.2) is 13.1 Å². The number of nitrogens with one attached hydrogen (secondary N) is 1. The van der Waals surface area contributed by atoms with Crippen LogP contribution in [0, 0.1) is 0 Å². The summed E-state index contributed by atoms with van der Waals surface area (Å²) in [6, 6.07) is 0.0740. The van der Waals surface area contributed by atoms with Crippen LogP contribution >= 0.6 is 0 Å². The Hall–Kier alpha value is -0.170. The lowest BCUT2D eigenvalue weighted by molar-refractivity contribution is 0.248. The first kappa shape index (κ1) is 12.9. The number of nitrogens with zero attached hydrogens (tertiary/aromatic N) is 1. The number of hydrogen-bond donors (Lipinski definition) is 2. The van der Waals surface area contributed by atoms with E-state index in [1.165, 1.54) is 0 Å². The second-order valence-corrected chi connectivity index (χ2v) is 5.96. The number of aliphatic hydroxyl groups is 1. The van der Waals surface area contributed by atoms with Gasteiger partial charge >= 0.3 is 0 Å². The maximum absolute atomic E-state index is 11.5. The van der Waals surface area contributed by atoms with Gasteiger partial charge in [-0.15, -0.1) is 0 Å².